The lowest BCUT2D eigenvalue weighted by molar-refractivity contribution is 0.0509. The lowest BCUT2D eigenvalue weighted by Gasteiger charge is -2.45. The number of hydrogen-bond acceptors (Lipinski definition) is 2. The summed E-state index contributed by atoms with van der Waals surface area (Å²) in [6.45, 7) is 13.2. The highest BCUT2D eigenvalue weighted by Crippen LogP contribution is 2.25. The van der Waals surface area contributed by atoms with Gasteiger partial charge in [-0.25, -0.2) is 0 Å². The van der Waals surface area contributed by atoms with Gasteiger partial charge in [-0.1, -0.05) is 27.7 Å². The number of rotatable bonds is 7. The molecule has 0 aromatic heterocycles. The lowest BCUT2D eigenvalue weighted by Crippen LogP contribution is -2.56. The van der Waals surface area contributed by atoms with E-state index in [2.05, 4.69) is 39.5 Å². The van der Waals surface area contributed by atoms with E-state index in [0.29, 0.717) is 6.04 Å². The molecule has 14 heavy (non-hydrogen) atoms. The maximum absolute atomic E-state index is 5.96. The number of nitrogens with zero attached hydrogens (tertiary/aromatic N) is 1. The molecule has 0 fully saturated rings. The molecule has 0 saturated heterocycles. The maximum atomic E-state index is 5.96. The van der Waals surface area contributed by atoms with Gasteiger partial charge < -0.3 is 5.73 Å². The Labute approximate surface area is 89.9 Å². The molecule has 0 amide bonds. The lowest BCUT2D eigenvalue weighted by atomic mass is 9.89. The first-order valence-electron chi connectivity index (χ1n) is 6.08. The fourth-order valence-electron chi connectivity index (χ4n) is 2.40. The highest BCUT2D eigenvalue weighted by Gasteiger charge is 2.33. The van der Waals surface area contributed by atoms with Crippen LogP contribution >= 0.6 is 0 Å². The number of likely N-dealkylation sites (N-methyl/N-ethyl adjacent to an activating group) is 1. The molecule has 0 bridgehead atoms. The van der Waals surface area contributed by atoms with Crippen LogP contribution in [0.5, 0.6) is 0 Å². The first-order chi connectivity index (χ1) is 6.61. The van der Waals surface area contributed by atoms with Crippen LogP contribution in [0.2, 0.25) is 0 Å². The Bertz CT molecular complexity index is 133. The zero-order chi connectivity index (χ0) is 11.2. The average Bonchev–Trinajstić information content (AvgIpc) is 2.25. The van der Waals surface area contributed by atoms with E-state index >= 15 is 0 Å². The minimum atomic E-state index is 0.226. The molecule has 0 aliphatic carbocycles. The second-order valence-corrected chi connectivity index (χ2v) is 4.18. The van der Waals surface area contributed by atoms with Gasteiger partial charge in [-0.15, -0.1) is 0 Å². The van der Waals surface area contributed by atoms with E-state index in [4.69, 9.17) is 5.73 Å². The second-order valence-electron chi connectivity index (χ2n) is 4.18. The Balaban J connectivity index is 4.73. The van der Waals surface area contributed by atoms with Crippen molar-refractivity contribution >= 4 is 0 Å². The Morgan fingerprint density at radius 1 is 1.14 bits per heavy atom. The van der Waals surface area contributed by atoms with Gasteiger partial charge in [-0.05, 0) is 32.7 Å². The van der Waals surface area contributed by atoms with Crippen LogP contribution in [0.15, 0.2) is 0 Å². The molecule has 0 radical (unpaired) electrons. The molecule has 2 heteroatoms. The van der Waals surface area contributed by atoms with Crippen LogP contribution in [0.3, 0.4) is 0 Å². The molecule has 86 valence electrons. The minimum Gasteiger partial charge on any atom is -0.329 e. The Morgan fingerprint density at radius 2 is 1.64 bits per heavy atom. The van der Waals surface area contributed by atoms with Crippen molar-refractivity contribution < 1.29 is 0 Å². The summed E-state index contributed by atoms with van der Waals surface area (Å²) in [7, 11) is 0. The molecule has 0 heterocycles. The summed E-state index contributed by atoms with van der Waals surface area (Å²) < 4.78 is 0. The molecule has 0 aliphatic heterocycles. The van der Waals surface area contributed by atoms with Crippen LogP contribution in [0.4, 0.5) is 0 Å². The molecule has 0 aromatic rings. The van der Waals surface area contributed by atoms with Crippen molar-refractivity contribution in [1.82, 2.24) is 4.90 Å². The van der Waals surface area contributed by atoms with E-state index < -0.39 is 0 Å². The van der Waals surface area contributed by atoms with E-state index in [-0.39, 0.29) is 5.54 Å². The maximum Gasteiger partial charge on any atom is 0.0329 e. The first kappa shape index (κ1) is 13.9. The van der Waals surface area contributed by atoms with Gasteiger partial charge in [0, 0.05) is 18.1 Å². The van der Waals surface area contributed by atoms with Crippen LogP contribution in [0.1, 0.15) is 53.9 Å². The van der Waals surface area contributed by atoms with Crippen molar-refractivity contribution in [1.29, 1.82) is 0 Å². The molecule has 2 nitrogen and oxygen atoms in total. The van der Waals surface area contributed by atoms with Crippen molar-refractivity contribution in [3.63, 3.8) is 0 Å². The minimum absolute atomic E-state index is 0.226. The van der Waals surface area contributed by atoms with Gasteiger partial charge in [0.25, 0.3) is 0 Å². The summed E-state index contributed by atoms with van der Waals surface area (Å²) in [5.74, 6) is 0. The number of nitrogens with two attached hydrogens (primary N) is 1. The number of hydrogen-bond donors (Lipinski definition) is 1. The van der Waals surface area contributed by atoms with Crippen molar-refractivity contribution in [3.8, 4) is 0 Å². The molecule has 0 spiro atoms. The van der Waals surface area contributed by atoms with Gasteiger partial charge in [0.1, 0.15) is 0 Å². The molecule has 0 rings (SSSR count). The third-order valence-corrected chi connectivity index (χ3v) is 3.77. The van der Waals surface area contributed by atoms with Gasteiger partial charge in [-0.3, -0.25) is 4.90 Å². The van der Waals surface area contributed by atoms with Gasteiger partial charge in [0.2, 0.25) is 0 Å². The zero-order valence-electron chi connectivity index (χ0n) is 10.6. The van der Waals surface area contributed by atoms with Gasteiger partial charge in [0.15, 0.2) is 0 Å². The largest absolute Gasteiger partial charge is 0.329 e. The predicted octanol–water partition coefficient (Wildman–Crippen LogP) is 2.62. The van der Waals surface area contributed by atoms with E-state index in [9.17, 15) is 0 Å². The first-order valence-corrected chi connectivity index (χ1v) is 6.08. The predicted molar refractivity (Wildman–Crippen MR) is 64.5 cm³/mol. The smallest absolute Gasteiger partial charge is 0.0329 e. The van der Waals surface area contributed by atoms with E-state index in [1.165, 1.54) is 6.42 Å². The SMILES string of the molecule is CCC(C)N(CC)C(CC)(CC)CN. The van der Waals surface area contributed by atoms with Crippen LogP contribution < -0.4 is 5.73 Å². The summed E-state index contributed by atoms with van der Waals surface area (Å²) in [4.78, 5) is 2.58. The Hall–Kier alpha value is -0.0800. The summed E-state index contributed by atoms with van der Waals surface area (Å²) in [6.07, 6.45) is 3.51. The van der Waals surface area contributed by atoms with Crippen LogP contribution in [0.25, 0.3) is 0 Å². The van der Waals surface area contributed by atoms with Gasteiger partial charge >= 0.3 is 0 Å². The Kier molecular flexibility index (Phi) is 6.38. The highest BCUT2D eigenvalue weighted by molar-refractivity contribution is 4.91. The summed E-state index contributed by atoms with van der Waals surface area (Å²) >= 11 is 0. The van der Waals surface area contributed by atoms with E-state index in [1.807, 2.05) is 0 Å². The third kappa shape index (κ3) is 2.71. The van der Waals surface area contributed by atoms with Gasteiger partial charge in [0.05, 0.1) is 0 Å². The Morgan fingerprint density at radius 3 is 1.86 bits per heavy atom. The average molecular weight is 200 g/mol. The molecule has 0 saturated carbocycles. The molecule has 2 N–H and O–H groups in total. The van der Waals surface area contributed by atoms with Crippen molar-refractivity contribution in [2.24, 2.45) is 5.73 Å². The fraction of sp³-hybridized carbons (Fsp3) is 1.00. The summed E-state index contributed by atoms with van der Waals surface area (Å²) in [6, 6.07) is 0.642. The van der Waals surface area contributed by atoms with Crippen LogP contribution in [-0.4, -0.2) is 29.6 Å². The molecular formula is C12H28N2. The standard InChI is InChI=1S/C12H28N2/c1-6-11(5)14(9-4)12(7-2,8-3)10-13/h11H,6-10,13H2,1-5H3. The van der Waals surface area contributed by atoms with Crippen molar-refractivity contribution in [2.75, 3.05) is 13.1 Å². The molecule has 0 aromatic carbocycles. The summed E-state index contributed by atoms with van der Waals surface area (Å²) in [5.41, 5.74) is 6.18. The van der Waals surface area contributed by atoms with E-state index in [0.717, 1.165) is 25.9 Å². The van der Waals surface area contributed by atoms with Crippen molar-refractivity contribution in [3.05, 3.63) is 0 Å². The van der Waals surface area contributed by atoms with Crippen LogP contribution in [0, 0.1) is 0 Å². The fourth-order valence-corrected chi connectivity index (χ4v) is 2.40. The van der Waals surface area contributed by atoms with Gasteiger partial charge in [-0.2, -0.15) is 0 Å². The molecular weight excluding hydrogens is 172 g/mol. The quantitative estimate of drug-likeness (QED) is 0.684. The van der Waals surface area contributed by atoms with Crippen molar-refractivity contribution in [2.45, 2.75) is 65.5 Å². The monoisotopic (exact) mass is 200 g/mol. The van der Waals surface area contributed by atoms with Crippen LogP contribution in [-0.2, 0) is 0 Å². The third-order valence-electron chi connectivity index (χ3n) is 3.77. The molecule has 0 aliphatic rings. The summed E-state index contributed by atoms with van der Waals surface area (Å²) in [5, 5.41) is 0. The normalized spacial score (nSPS) is 14.8. The zero-order valence-corrected chi connectivity index (χ0v) is 10.6. The molecule has 1 unspecified atom stereocenters. The highest BCUT2D eigenvalue weighted by atomic mass is 15.2. The van der Waals surface area contributed by atoms with E-state index in [1.54, 1.807) is 0 Å². The molecule has 1 atom stereocenters. The topological polar surface area (TPSA) is 29.3 Å². The second kappa shape index (κ2) is 6.41.